The molecule has 0 amide bonds. The van der Waals surface area contributed by atoms with Gasteiger partial charge in [-0.2, -0.15) is 0 Å². The van der Waals surface area contributed by atoms with E-state index in [9.17, 15) is 0 Å². The van der Waals surface area contributed by atoms with Crippen molar-refractivity contribution < 1.29 is 9.47 Å². The fraction of sp³-hybridized carbons (Fsp3) is 0.647. The lowest BCUT2D eigenvalue weighted by atomic mass is 9.67. The molecular weight excluding hydrogens is 440 g/mol. The quantitative estimate of drug-likeness (QED) is 0.194. The molecule has 1 atom stereocenters. The van der Waals surface area contributed by atoms with Crippen LogP contribution in [0.1, 0.15) is 116 Å². The molecule has 2 aliphatic carbocycles. The summed E-state index contributed by atoms with van der Waals surface area (Å²) in [5, 5.41) is 0. The van der Waals surface area contributed by atoms with Crippen LogP contribution in [0.15, 0.2) is 60.7 Å². The molecule has 0 saturated heterocycles. The van der Waals surface area contributed by atoms with Gasteiger partial charge >= 0.3 is 0 Å². The molecule has 2 aliphatic rings. The van der Waals surface area contributed by atoms with Crippen LogP contribution in [0.5, 0.6) is 11.5 Å². The molecular formula is C34H50O2. The van der Waals surface area contributed by atoms with Crippen molar-refractivity contribution in [3.63, 3.8) is 0 Å². The summed E-state index contributed by atoms with van der Waals surface area (Å²) in [6, 6.07) is 21.1. The first-order chi connectivity index (χ1) is 17.8. The second-order valence-electron chi connectivity index (χ2n) is 11.4. The average Bonchev–Trinajstić information content (AvgIpc) is 2.94. The SMILES string of the molecule is CCCCCCCCC(C1CCCCC1)C(Oc1ccccc1)(Oc1ccccc1)C1CCCCC1. The van der Waals surface area contributed by atoms with Crippen LogP contribution < -0.4 is 9.47 Å². The minimum atomic E-state index is -0.603. The van der Waals surface area contributed by atoms with Crippen molar-refractivity contribution in [3.8, 4) is 11.5 Å². The number of hydrogen-bond donors (Lipinski definition) is 0. The zero-order chi connectivity index (χ0) is 24.9. The third-order valence-corrected chi connectivity index (χ3v) is 8.82. The molecule has 2 nitrogen and oxygen atoms in total. The number of para-hydroxylation sites is 2. The lowest BCUT2D eigenvalue weighted by Gasteiger charge is -2.50. The van der Waals surface area contributed by atoms with Crippen LogP contribution in [-0.4, -0.2) is 5.79 Å². The van der Waals surface area contributed by atoms with Crippen LogP contribution in [0.4, 0.5) is 0 Å². The van der Waals surface area contributed by atoms with Gasteiger partial charge in [0.05, 0.1) is 0 Å². The van der Waals surface area contributed by atoms with E-state index in [-0.39, 0.29) is 0 Å². The zero-order valence-electron chi connectivity index (χ0n) is 22.8. The average molecular weight is 491 g/mol. The Kier molecular flexibility index (Phi) is 11.1. The monoisotopic (exact) mass is 490 g/mol. The molecule has 2 aromatic carbocycles. The number of hydrogen-bond acceptors (Lipinski definition) is 2. The molecule has 2 fully saturated rings. The summed E-state index contributed by atoms with van der Waals surface area (Å²) >= 11 is 0. The van der Waals surface area contributed by atoms with E-state index in [1.165, 1.54) is 109 Å². The molecule has 0 spiro atoms. The van der Waals surface area contributed by atoms with Crippen LogP contribution >= 0.6 is 0 Å². The van der Waals surface area contributed by atoms with Gasteiger partial charge in [-0.1, -0.05) is 120 Å². The third kappa shape index (κ3) is 7.53. The molecule has 36 heavy (non-hydrogen) atoms. The number of benzene rings is 2. The summed E-state index contributed by atoms with van der Waals surface area (Å²) in [5.41, 5.74) is 0. The summed E-state index contributed by atoms with van der Waals surface area (Å²) in [6.45, 7) is 2.31. The van der Waals surface area contributed by atoms with Crippen LogP contribution in [0.2, 0.25) is 0 Å². The first kappa shape index (κ1) is 27.1. The standard InChI is InChI=1S/C34H50O2/c1-2-3-4-5-6-19-28-33(29-20-11-7-12-21-29)34(30-22-13-8-14-23-30,35-31-24-15-9-16-25-31)36-32-26-17-10-18-27-32/h9-10,15-18,24-27,29-30,33H,2-8,11-14,19-23,28H2,1H3. The Morgan fingerprint density at radius 3 is 1.69 bits per heavy atom. The van der Waals surface area contributed by atoms with Gasteiger partial charge in [0, 0.05) is 11.8 Å². The van der Waals surface area contributed by atoms with E-state index in [1.54, 1.807) is 0 Å². The first-order valence-electron chi connectivity index (χ1n) is 15.3. The van der Waals surface area contributed by atoms with Gasteiger partial charge in [0.1, 0.15) is 11.5 Å². The summed E-state index contributed by atoms with van der Waals surface area (Å²) in [5.74, 6) is 2.86. The topological polar surface area (TPSA) is 18.5 Å². The molecule has 0 N–H and O–H groups in total. The predicted octanol–water partition coefficient (Wildman–Crippen LogP) is 10.4. The van der Waals surface area contributed by atoms with Crippen molar-refractivity contribution in [2.24, 2.45) is 17.8 Å². The maximum Gasteiger partial charge on any atom is 0.257 e. The van der Waals surface area contributed by atoms with Crippen LogP contribution in [0.3, 0.4) is 0 Å². The maximum atomic E-state index is 7.23. The summed E-state index contributed by atoms with van der Waals surface area (Å²) in [6.07, 6.45) is 22.3. The summed E-state index contributed by atoms with van der Waals surface area (Å²) in [4.78, 5) is 0. The van der Waals surface area contributed by atoms with E-state index in [0.717, 1.165) is 11.5 Å². The van der Waals surface area contributed by atoms with Gasteiger partial charge in [-0.3, -0.25) is 0 Å². The lowest BCUT2D eigenvalue weighted by Crippen LogP contribution is -2.58. The molecule has 0 aromatic heterocycles. The van der Waals surface area contributed by atoms with E-state index in [2.05, 4.69) is 67.6 Å². The number of ether oxygens (including phenoxy) is 2. The number of rotatable bonds is 14. The Balaban J connectivity index is 1.69. The molecule has 2 heteroatoms. The fourth-order valence-corrected chi connectivity index (χ4v) is 6.94. The molecule has 2 aromatic rings. The van der Waals surface area contributed by atoms with Gasteiger partial charge in [-0.15, -0.1) is 0 Å². The summed E-state index contributed by atoms with van der Waals surface area (Å²) < 4.78 is 14.5. The van der Waals surface area contributed by atoms with Gasteiger partial charge in [0.25, 0.3) is 5.79 Å². The van der Waals surface area contributed by atoms with Crippen LogP contribution in [-0.2, 0) is 0 Å². The Hall–Kier alpha value is -1.96. The third-order valence-electron chi connectivity index (χ3n) is 8.82. The van der Waals surface area contributed by atoms with E-state index in [1.807, 2.05) is 0 Å². The Labute approximate surface area is 221 Å². The first-order valence-corrected chi connectivity index (χ1v) is 15.3. The van der Waals surface area contributed by atoms with E-state index < -0.39 is 5.79 Å². The largest absolute Gasteiger partial charge is 0.452 e. The van der Waals surface area contributed by atoms with Crippen molar-refractivity contribution in [2.45, 2.75) is 122 Å². The fourth-order valence-electron chi connectivity index (χ4n) is 6.94. The molecule has 0 bridgehead atoms. The van der Waals surface area contributed by atoms with Crippen molar-refractivity contribution >= 4 is 0 Å². The minimum absolute atomic E-state index is 0.424. The normalized spacial score (nSPS) is 18.6. The second-order valence-corrected chi connectivity index (χ2v) is 11.4. The highest BCUT2D eigenvalue weighted by Gasteiger charge is 2.53. The highest BCUT2D eigenvalue weighted by Crippen LogP contribution is 2.49. The van der Waals surface area contributed by atoms with Crippen LogP contribution in [0.25, 0.3) is 0 Å². The highest BCUT2D eigenvalue weighted by molar-refractivity contribution is 5.25. The molecule has 198 valence electrons. The molecule has 0 aliphatic heterocycles. The Morgan fingerprint density at radius 1 is 0.639 bits per heavy atom. The second kappa shape index (κ2) is 14.7. The van der Waals surface area contributed by atoms with E-state index >= 15 is 0 Å². The molecule has 0 heterocycles. The van der Waals surface area contributed by atoms with Gasteiger partial charge in [-0.25, -0.2) is 0 Å². The van der Waals surface area contributed by atoms with Crippen molar-refractivity contribution in [1.29, 1.82) is 0 Å². The van der Waals surface area contributed by atoms with Crippen molar-refractivity contribution in [2.75, 3.05) is 0 Å². The maximum absolute atomic E-state index is 7.23. The van der Waals surface area contributed by atoms with Crippen molar-refractivity contribution in [3.05, 3.63) is 60.7 Å². The highest BCUT2D eigenvalue weighted by atomic mass is 16.7. The van der Waals surface area contributed by atoms with Crippen molar-refractivity contribution in [1.82, 2.24) is 0 Å². The number of unbranched alkanes of at least 4 members (excludes halogenated alkanes) is 5. The lowest BCUT2D eigenvalue weighted by molar-refractivity contribution is -0.218. The Bertz CT molecular complexity index is 779. The molecule has 2 saturated carbocycles. The van der Waals surface area contributed by atoms with Gasteiger partial charge in [0.2, 0.25) is 0 Å². The van der Waals surface area contributed by atoms with Gasteiger partial charge < -0.3 is 9.47 Å². The van der Waals surface area contributed by atoms with Gasteiger partial charge in [-0.05, 0) is 62.3 Å². The Morgan fingerprint density at radius 2 is 1.14 bits per heavy atom. The minimum Gasteiger partial charge on any atom is -0.452 e. The van der Waals surface area contributed by atoms with E-state index in [4.69, 9.17) is 9.47 Å². The molecule has 4 rings (SSSR count). The van der Waals surface area contributed by atoms with E-state index in [0.29, 0.717) is 17.8 Å². The molecule has 0 radical (unpaired) electrons. The smallest absolute Gasteiger partial charge is 0.257 e. The van der Waals surface area contributed by atoms with Gasteiger partial charge in [0.15, 0.2) is 0 Å². The summed E-state index contributed by atoms with van der Waals surface area (Å²) in [7, 11) is 0. The van der Waals surface area contributed by atoms with Crippen LogP contribution in [0, 0.1) is 17.8 Å². The predicted molar refractivity (Wildman–Crippen MR) is 152 cm³/mol. The zero-order valence-corrected chi connectivity index (χ0v) is 22.8. The molecule has 1 unspecified atom stereocenters.